The molecule has 0 unspecified atom stereocenters. The normalized spacial score (nSPS) is 11.2. The predicted octanol–water partition coefficient (Wildman–Crippen LogP) is 4.33. The minimum Gasteiger partial charge on any atom is -0.495 e. The van der Waals surface area contributed by atoms with Gasteiger partial charge in [-0.3, -0.25) is 5.32 Å². The van der Waals surface area contributed by atoms with Crippen molar-refractivity contribution in [2.45, 2.75) is 17.9 Å². The SMILES string of the molecule is CCOC(=O)Nc1cc(S(=O)(=O)NC(c2ccccc2)c2ccccc2)ccc1OC. The second-order valence-corrected chi connectivity index (χ2v) is 8.30. The molecule has 8 heteroatoms. The molecule has 0 radical (unpaired) electrons. The van der Waals surface area contributed by atoms with Crippen LogP contribution in [0, 0.1) is 0 Å². The molecule has 0 atom stereocenters. The molecule has 0 aliphatic heterocycles. The summed E-state index contributed by atoms with van der Waals surface area (Å²) in [5, 5.41) is 2.51. The van der Waals surface area contributed by atoms with Crippen molar-refractivity contribution in [3.8, 4) is 5.75 Å². The molecule has 0 saturated carbocycles. The number of carbonyl (C=O) groups is 1. The number of ether oxygens (including phenoxy) is 2. The largest absolute Gasteiger partial charge is 0.495 e. The molecular weight excluding hydrogens is 416 g/mol. The third-order valence-corrected chi connectivity index (χ3v) is 5.95. The van der Waals surface area contributed by atoms with Crippen LogP contribution >= 0.6 is 0 Å². The first-order valence-corrected chi connectivity index (χ1v) is 11.2. The van der Waals surface area contributed by atoms with E-state index in [0.717, 1.165) is 11.1 Å². The summed E-state index contributed by atoms with van der Waals surface area (Å²) in [7, 11) is -2.52. The number of benzene rings is 3. The molecule has 0 aromatic heterocycles. The highest BCUT2D eigenvalue weighted by Crippen LogP contribution is 2.30. The minimum absolute atomic E-state index is 0.0167. The van der Waals surface area contributed by atoms with Crippen LogP contribution in [0.5, 0.6) is 5.75 Å². The Labute approximate surface area is 182 Å². The Kier molecular flexibility index (Phi) is 7.28. The highest BCUT2D eigenvalue weighted by Gasteiger charge is 2.24. The first-order valence-electron chi connectivity index (χ1n) is 9.68. The molecule has 31 heavy (non-hydrogen) atoms. The predicted molar refractivity (Wildman–Crippen MR) is 119 cm³/mol. The van der Waals surface area contributed by atoms with E-state index in [9.17, 15) is 13.2 Å². The second kappa shape index (κ2) is 10.1. The second-order valence-electron chi connectivity index (χ2n) is 6.58. The fraction of sp³-hybridized carbons (Fsp3) is 0.174. The van der Waals surface area contributed by atoms with E-state index in [0.29, 0.717) is 5.75 Å². The monoisotopic (exact) mass is 440 g/mol. The molecule has 3 rings (SSSR count). The maximum Gasteiger partial charge on any atom is 0.411 e. The smallest absolute Gasteiger partial charge is 0.411 e. The third kappa shape index (κ3) is 5.62. The highest BCUT2D eigenvalue weighted by atomic mass is 32.2. The summed E-state index contributed by atoms with van der Waals surface area (Å²) in [5.41, 5.74) is 1.80. The Morgan fingerprint density at radius 2 is 1.52 bits per heavy atom. The zero-order chi connectivity index (χ0) is 22.3. The Morgan fingerprint density at radius 1 is 0.935 bits per heavy atom. The number of rotatable bonds is 8. The number of hydrogen-bond acceptors (Lipinski definition) is 5. The van der Waals surface area contributed by atoms with Gasteiger partial charge in [0.2, 0.25) is 10.0 Å². The molecular formula is C23H24N2O5S. The van der Waals surface area contributed by atoms with E-state index >= 15 is 0 Å². The van der Waals surface area contributed by atoms with Crippen molar-refractivity contribution in [2.24, 2.45) is 0 Å². The molecule has 3 aromatic carbocycles. The minimum atomic E-state index is -3.95. The number of carbonyl (C=O) groups excluding carboxylic acids is 1. The molecule has 0 aliphatic rings. The fourth-order valence-electron chi connectivity index (χ4n) is 3.07. The van der Waals surface area contributed by atoms with Gasteiger partial charge in [-0.2, -0.15) is 4.72 Å². The van der Waals surface area contributed by atoms with Crippen molar-refractivity contribution in [1.29, 1.82) is 0 Å². The zero-order valence-electron chi connectivity index (χ0n) is 17.2. The van der Waals surface area contributed by atoms with E-state index in [1.165, 1.54) is 25.3 Å². The first kappa shape index (κ1) is 22.3. The average Bonchev–Trinajstić information content (AvgIpc) is 2.79. The van der Waals surface area contributed by atoms with Gasteiger partial charge in [0.1, 0.15) is 5.75 Å². The number of sulfonamides is 1. The summed E-state index contributed by atoms with van der Waals surface area (Å²) < 4.78 is 39.4. The maximum absolute atomic E-state index is 13.3. The van der Waals surface area contributed by atoms with E-state index in [1.54, 1.807) is 6.92 Å². The lowest BCUT2D eigenvalue weighted by molar-refractivity contribution is 0.168. The molecule has 7 nitrogen and oxygen atoms in total. The quantitative estimate of drug-likeness (QED) is 0.544. The van der Waals surface area contributed by atoms with Gasteiger partial charge in [0.25, 0.3) is 0 Å². The molecule has 162 valence electrons. The number of nitrogens with one attached hydrogen (secondary N) is 2. The van der Waals surface area contributed by atoms with Crippen LogP contribution < -0.4 is 14.8 Å². The molecule has 0 saturated heterocycles. The standard InChI is InChI=1S/C23H24N2O5S/c1-3-30-23(26)24-20-16-19(14-15-21(20)29-2)31(27,28)25-22(17-10-6-4-7-11-17)18-12-8-5-9-13-18/h4-16,22,25H,3H2,1-2H3,(H,24,26). The number of anilines is 1. The van der Waals surface area contributed by atoms with Gasteiger partial charge in [-0.1, -0.05) is 60.7 Å². The number of hydrogen-bond donors (Lipinski definition) is 2. The van der Waals surface area contributed by atoms with Crippen molar-refractivity contribution in [3.05, 3.63) is 90.0 Å². The van der Waals surface area contributed by atoms with Gasteiger partial charge in [-0.25, -0.2) is 13.2 Å². The first-order chi connectivity index (χ1) is 14.9. The van der Waals surface area contributed by atoms with Gasteiger partial charge in [-0.05, 0) is 36.2 Å². The van der Waals surface area contributed by atoms with E-state index < -0.39 is 22.2 Å². The Morgan fingerprint density at radius 3 is 2.03 bits per heavy atom. The molecule has 0 heterocycles. The highest BCUT2D eigenvalue weighted by molar-refractivity contribution is 7.89. The third-order valence-electron chi connectivity index (χ3n) is 4.53. The van der Waals surface area contributed by atoms with E-state index in [1.807, 2.05) is 60.7 Å². The van der Waals surface area contributed by atoms with Crippen molar-refractivity contribution < 1.29 is 22.7 Å². The lowest BCUT2D eigenvalue weighted by Crippen LogP contribution is -2.29. The molecule has 1 amide bonds. The van der Waals surface area contributed by atoms with Crippen LogP contribution in [-0.4, -0.2) is 28.2 Å². The van der Waals surface area contributed by atoms with E-state index in [-0.39, 0.29) is 17.2 Å². The lowest BCUT2D eigenvalue weighted by Gasteiger charge is -2.20. The Bertz CT molecular complexity index is 1080. The van der Waals surface area contributed by atoms with E-state index in [4.69, 9.17) is 9.47 Å². The van der Waals surface area contributed by atoms with E-state index in [2.05, 4.69) is 10.0 Å². The summed E-state index contributed by atoms with van der Waals surface area (Å²) in [6, 6.07) is 22.3. The molecule has 0 aliphatic carbocycles. The molecule has 3 aromatic rings. The average molecular weight is 441 g/mol. The summed E-state index contributed by atoms with van der Waals surface area (Å²) in [4.78, 5) is 11.8. The van der Waals surface area contributed by atoms with Crippen LogP contribution in [0.2, 0.25) is 0 Å². The van der Waals surface area contributed by atoms with Crippen LogP contribution in [0.25, 0.3) is 0 Å². The summed E-state index contributed by atoms with van der Waals surface area (Å²) in [5.74, 6) is 0.315. The van der Waals surface area contributed by atoms with Crippen molar-refractivity contribution >= 4 is 21.8 Å². The maximum atomic E-state index is 13.3. The van der Waals surface area contributed by atoms with Crippen LogP contribution in [0.4, 0.5) is 10.5 Å². The molecule has 0 fully saturated rings. The van der Waals surface area contributed by atoms with Crippen LogP contribution in [-0.2, 0) is 14.8 Å². The zero-order valence-corrected chi connectivity index (χ0v) is 18.1. The van der Waals surface area contributed by atoms with Crippen LogP contribution in [0.15, 0.2) is 83.8 Å². The van der Waals surface area contributed by atoms with Crippen molar-refractivity contribution in [3.63, 3.8) is 0 Å². The summed E-state index contributed by atoms with van der Waals surface area (Å²) in [6.45, 7) is 1.86. The molecule has 0 spiro atoms. The van der Waals surface area contributed by atoms with Gasteiger partial charge in [0, 0.05) is 0 Å². The van der Waals surface area contributed by atoms with Crippen LogP contribution in [0.1, 0.15) is 24.1 Å². The van der Waals surface area contributed by atoms with Gasteiger partial charge < -0.3 is 9.47 Å². The number of amides is 1. The van der Waals surface area contributed by atoms with Gasteiger partial charge in [0.05, 0.1) is 30.3 Å². The van der Waals surface area contributed by atoms with Crippen molar-refractivity contribution in [1.82, 2.24) is 4.72 Å². The fourth-order valence-corrected chi connectivity index (χ4v) is 4.31. The van der Waals surface area contributed by atoms with Crippen molar-refractivity contribution in [2.75, 3.05) is 19.0 Å². The van der Waals surface area contributed by atoms with Crippen LogP contribution in [0.3, 0.4) is 0 Å². The topological polar surface area (TPSA) is 93.7 Å². The molecule has 0 bridgehead atoms. The number of methoxy groups -OCH3 is 1. The molecule has 2 N–H and O–H groups in total. The van der Waals surface area contributed by atoms with Gasteiger partial charge >= 0.3 is 6.09 Å². The van der Waals surface area contributed by atoms with Gasteiger partial charge in [0.15, 0.2) is 0 Å². The van der Waals surface area contributed by atoms with Gasteiger partial charge in [-0.15, -0.1) is 0 Å². The summed E-state index contributed by atoms with van der Waals surface area (Å²) >= 11 is 0. The lowest BCUT2D eigenvalue weighted by atomic mass is 10.00. The Balaban J connectivity index is 1.96. The summed E-state index contributed by atoms with van der Waals surface area (Å²) in [6.07, 6.45) is -0.699. The Hall–Kier alpha value is -3.36.